The Labute approximate surface area is 69.0 Å². The number of carboxylic acid groups (broad SMARTS) is 1. The van der Waals surface area contributed by atoms with Crippen LogP contribution >= 0.6 is 7.60 Å². The van der Waals surface area contributed by atoms with Gasteiger partial charge >= 0.3 is 13.6 Å². The van der Waals surface area contributed by atoms with E-state index in [1.54, 1.807) is 0 Å². The molecule has 0 saturated carbocycles. The molecule has 0 heterocycles. The van der Waals surface area contributed by atoms with Gasteiger partial charge in [0.05, 0.1) is 0 Å². The highest BCUT2D eigenvalue weighted by Crippen LogP contribution is 2.51. The van der Waals surface area contributed by atoms with Gasteiger partial charge in [-0.15, -0.1) is 0 Å². The van der Waals surface area contributed by atoms with Crippen LogP contribution in [-0.2, 0) is 9.36 Å². The molecule has 12 heavy (non-hydrogen) atoms. The van der Waals surface area contributed by atoms with E-state index >= 15 is 0 Å². The van der Waals surface area contributed by atoms with E-state index in [0.29, 0.717) is 0 Å². The zero-order valence-corrected chi connectivity index (χ0v) is 7.52. The predicted octanol–water partition coefficient (Wildman–Crippen LogP) is -0.612. The minimum atomic E-state index is -4.61. The molecule has 0 aromatic carbocycles. The van der Waals surface area contributed by atoms with Gasteiger partial charge in [-0.05, 0) is 13.8 Å². The van der Waals surface area contributed by atoms with E-state index in [2.05, 4.69) is 0 Å². The second-order valence-electron chi connectivity index (χ2n) is 2.94. The molecule has 4 N–H and O–H groups in total. The Hall–Kier alpha value is -0.420. The quantitative estimate of drug-likeness (QED) is 0.449. The lowest BCUT2D eigenvalue weighted by Crippen LogP contribution is -2.41. The zero-order valence-electron chi connectivity index (χ0n) is 6.63. The number of hydrogen-bond donors (Lipinski definition) is 4. The maximum atomic E-state index is 10.7. The summed E-state index contributed by atoms with van der Waals surface area (Å²) in [6.45, 7) is 1.99. The minimum Gasteiger partial charge on any atom is -0.479 e. The summed E-state index contributed by atoms with van der Waals surface area (Å²) in [5.74, 6) is -1.65. The third kappa shape index (κ3) is 2.04. The number of hydrogen-bond acceptors (Lipinski definition) is 3. The summed E-state index contributed by atoms with van der Waals surface area (Å²) >= 11 is 0. The van der Waals surface area contributed by atoms with E-state index in [9.17, 15) is 9.36 Å². The van der Waals surface area contributed by atoms with E-state index in [1.165, 1.54) is 0 Å². The molecule has 0 aromatic rings. The molecule has 0 bridgehead atoms. The normalized spacial score (nSPS) is 15.8. The van der Waals surface area contributed by atoms with Crippen LogP contribution in [0.5, 0.6) is 0 Å². The van der Waals surface area contributed by atoms with Crippen LogP contribution in [0.2, 0.25) is 0 Å². The molecule has 0 spiro atoms. The zero-order chi connectivity index (χ0) is 10.2. The van der Waals surface area contributed by atoms with Crippen molar-refractivity contribution in [1.82, 2.24) is 0 Å². The predicted molar refractivity (Wildman–Crippen MR) is 39.8 cm³/mol. The fourth-order valence-electron chi connectivity index (χ4n) is 0.461. The van der Waals surface area contributed by atoms with Crippen molar-refractivity contribution in [1.29, 1.82) is 0 Å². The number of carboxylic acids is 1. The molecule has 0 saturated heterocycles. The Kier molecular flexibility index (Phi) is 3.03. The van der Waals surface area contributed by atoms with E-state index in [4.69, 9.17) is 20.0 Å². The molecule has 1 unspecified atom stereocenters. The van der Waals surface area contributed by atoms with Crippen molar-refractivity contribution in [3.63, 3.8) is 0 Å². The Bertz CT molecular complexity index is 228. The van der Waals surface area contributed by atoms with Gasteiger partial charge in [-0.3, -0.25) is 4.57 Å². The van der Waals surface area contributed by atoms with Crippen LogP contribution < -0.4 is 0 Å². The lowest BCUT2D eigenvalue weighted by atomic mass is 10.1. The van der Waals surface area contributed by atoms with Gasteiger partial charge in [0.2, 0.25) is 0 Å². The smallest absolute Gasteiger partial charge is 0.334 e. The van der Waals surface area contributed by atoms with Crippen LogP contribution in [0.15, 0.2) is 0 Å². The highest BCUT2D eigenvalue weighted by atomic mass is 31.2. The van der Waals surface area contributed by atoms with Gasteiger partial charge < -0.3 is 20.0 Å². The van der Waals surface area contributed by atoms with Crippen molar-refractivity contribution in [3.05, 3.63) is 0 Å². The molecule has 0 aromatic heterocycles. The van der Waals surface area contributed by atoms with Gasteiger partial charge in [0, 0.05) is 0 Å². The topological polar surface area (TPSA) is 115 Å². The molecule has 0 aliphatic carbocycles. The molecule has 0 aliphatic rings. The van der Waals surface area contributed by atoms with E-state index in [-0.39, 0.29) is 0 Å². The van der Waals surface area contributed by atoms with Gasteiger partial charge in [0.15, 0.2) is 6.10 Å². The van der Waals surface area contributed by atoms with Crippen molar-refractivity contribution in [3.8, 4) is 0 Å². The van der Waals surface area contributed by atoms with Crippen molar-refractivity contribution < 1.29 is 29.4 Å². The molecule has 0 fully saturated rings. The molecule has 0 radical (unpaired) electrons. The maximum absolute atomic E-state index is 10.7. The van der Waals surface area contributed by atoms with Gasteiger partial charge in [0.1, 0.15) is 5.16 Å². The van der Waals surface area contributed by atoms with Gasteiger partial charge in [-0.2, -0.15) is 0 Å². The average molecular weight is 198 g/mol. The maximum Gasteiger partial charge on any atom is 0.334 e. The third-order valence-corrected chi connectivity index (χ3v) is 3.40. The van der Waals surface area contributed by atoms with Gasteiger partial charge in [-0.25, -0.2) is 4.79 Å². The van der Waals surface area contributed by atoms with Crippen molar-refractivity contribution in [2.45, 2.75) is 25.1 Å². The van der Waals surface area contributed by atoms with Crippen LogP contribution in [0.3, 0.4) is 0 Å². The summed E-state index contributed by atoms with van der Waals surface area (Å²) in [5.41, 5.74) is 0. The Morgan fingerprint density at radius 1 is 1.42 bits per heavy atom. The van der Waals surface area contributed by atoms with Crippen LogP contribution in [0.1, 0.15) is 13.8 Å². The summed E-state index contributed by atoms with van der Waals surface area (Å²) in [5, 5.41) is 15.2. The van der Waals surface area contributed by atoms with Crippen molar-refractivity contribution >= 4 is 13.6 Å². The number of aliphatic carboxylic acids is 1. The number of aliphatic hydroxyl groups is 1. The van der Waals surface area contributed by atoms with Crippen molar-refractivity contribution in [2.24, 2.45) is 0 Å². The Morgan fingerprint density at radius 3 is 1.83 bits per heavy atom. The summed E-state index contributed by atoms with van der Waals surface area (Å²) in [4.78, 5) is 27.5. The highest BCUT2D eigenvalue weighted by Gasteiger charge is 2.47. The van der Waals surface area contributed by atoms with E-state index < -0.39 is 24.8 Å². The summed E-state index contributed by atoms with van der Waals surface area (Å²) in [7, 11) is -4.61. The molecule has 6 nitrogen and oxygen atoms in total. The second-order valence-corrected chi connectivity index (χ2v) is 5.18. The first kappa shape index (κ1) is 11.6. The summed E-state index contributed by atoms with van der Waals surface area (Å²) < 4.78 is 10.7. The molecular weight excluding hydrogens is 187 g/mol. The van der Waals surface area contributed by atoms with E-state index in [1.807, 2.05) is 0 Å². The molecule has 1 atom stereocenters. The molecule has 0 rings (SSSR count). The molecule has 0 amide bonds. The lowest BCUT2D eigenvalue weighted by molar-refractivity contribution is -0.148. The first-order valence-corrected chi connectivity index (χ1v) is 4.68. The largest absolute Gasteiger partial charge is 0.479 e. The fourth-order valence-corrected chi connectivity index (χ4v) is 0.891. The Balaban J connectivity index is 4.86. The molecular formula is C5H11O6P. The van der Waals surface area contributed by atoms with Crippen LogP contribution in [-0.4, -0.2) is 37.2 Å². The summed E-state index contributed by atoms with van der Waals surface area (Å²) in [6.07, 6.45) is -2.07. The SMILES string of the molecule is CC(C)(C(O)C(=O)O)P(=O)(O)O. The monoisotopic (exact) mass is 198 g/mol. The van der Waals surface area contributed by atoms with Crippen molar-refractivity contribution in [2.75, 3.05) is 0 Å². The van der Waals surface area contributed by atoms with Crippen LogP contribution in [0.4, 0.5) is 0 Å². The number of rotatable bonds is 3. The van der Waals surface area contributed by atoms with Crippen LogP contribution in [0.25, 0.3) is 0 Å². The van der Waals surface area contributed by atoms with Gasteiger partial charge in [-0.1, -0.05) is 0 Å². The second kappa shape index (κ2) is 3.14. The molecule has 0 aliphatic heterocycles. The van der Waals surface area contributed by atoms with Gasteiger partial charge in [0.25, 0.3) is 0 Å². The molecule has 72 valence electrons. The standard InChI is InChI=1S/C5H11O6P/c1-5(2,12(9,10)11)3(6)4(7)8/h3,6H,1-2H3,(H,7,8)(H2,9,10,11). The molecule has 7 heteroatoms. The number of aliphatic hydroxyl groups excluding tert-OH is 1. The van der Waals surface area contributed by atoms with Crippen LogP contribution in [0, 0.1) is 0 Å². The fraction of sp³-hybridized carbons (Fsp3) is 0.800. The summed E-state index contributed by atoms with van der Waals surface area (Å²) in [6, 6.07) is 0. The first-order chi connectivity index (χ1) is 5.10. The lowest BCUT2D eigenvalue weighted by Gasteiger charge is -2.27. The number of carbonyl (C=O) groups is 1. The highest BCUT2D eigenvalue weighted by molar-refractivity contribution is 7.53. The average Bonchev–Trinajstić information content (AvgIpc) is 1.83. The Morgan fingerprint density at radius 2 is 1.75 bits per heavy atom. The third-order valence-electron chi connectivity index (χ3n) is 1.65. The minimum absolute atomic E-state index is 0.993. The van der Waals surface area contributed by atoms with E-state index in [0.717, 1.165) is 13.8 Å². The first-order valence-electron chi connectivity index (χ1n) is 3.07.